The highest BCUT2D eigenvalue weighted by molar-refractivity contribution is 5.96. The van der Waals surface area contributed by atoms with Gasteiger partial charge in [-0.25, -0.2) is 0 Å². The van der Waals surface area contributed by atoms with Crippen molar-refractivity contribution in [2.45, 2.75) is 32.7 Å². The second-order valence-electron chi connectivity index (χ2n) is 8.07. The Bertz CT molecular complexity index is 1120. The molecule has 2 heterocycles. The maximum atomic E-state index is 13.3. The van der Waals surface area contributed by atoms with Crippen molar-refractivity contribution in [1.29, 1.82) is 0 Å². The number of hydrogen-bond acceptors (Lipinski definition) is 4. The van der Waals surface area contributed by atoms with Crippen LogP contribution >= 0.6 is 0 Å². The number of carbonyl (C=O) groups is 2. The van der Waals surface area contributed by atoms with Gasteiger partial charge in [0.25, 0.3) is 5.91 Å². The number of nitrogens with one attached hydrogen (secondary N) is 1. The number of ether oxygens (including phenoxy) is 1. The molecular weight excluding hydrogens is 402 g/mol. The van der Waals surface area contributed by atoms with Crippen LogP contribution in [0.25, 0.3) is 11.1 Å². The predicted molar refractivity (Wildman–Crippen MR) is 125 cm³/mol. The van der Waals surface area contributed by atoms with Crippen molar-refractivity contribution < 1.29 is 14.3 Å². The number of nitrogens with zero attached hydrogens (tertiary/aromatic N) is 2. The zero-order valence-corrected chi connectivity index (χ0v) is 18.6. The lowest BCUT2D eigenvalue weighted by Gasteiger charge is -2.25. The number of pyridine rings is 1. The molecule has 2 aromatic carbocycles. The summed E-state index contributed by atoms with van der Waals surface area (Å²) in [6, 6.07) is 19.1. The summed E-state index contributed by atoms with van der Waals surface area (Å²) in [6.45, 7) is 4.14. The predicted octanol–water partition coefficient (Wildman–Crippen LogP) is 5.00. The van der Waals surface area contributed by atoms with Gasteiger partial charge in [0.1, 0.15) is 5.75 Å². The van der Waals surface area contributed by atoms with Crippen molar-refractivity contribution in [2.75, 3.05) is 19.0 Å². The quantitative estimate of drug-likeness (QED) is 0.619. The van der Waals surface area contributed by atoms with Gasteiger partial charge in [0.05, 0.1) is 18.8 Å². The van der Waals surface area contributed by atoms with Crippen LogP contribution in [0.3, 0.4) is 0 Å². The number of hydrogen-bond donors (Lipinski definition) is 1. The smallest absolute Gasteiger partial charge is 0.254 e. The number of aromatic nitrogens is 1. The first-order valence-electron chi connectivity index (χ1n) is 10.8. The molecule has 1 aromatic heterocycles. The number of carbonyl (C=O) groups excluding carboxylic acids is 2. The van der Waals surface area contributed by atoms with Gasteiger partial charge < -0.3 is 15.0 Å². The number of benzene rings is 2. The molecule has 164 valence electrons. The second kappa shape index (κ2) is 9.22. The summed E-state index contributed by atoms with van der Waals surface area (Å²) in [5.74, 6) is 0.662. The standard InChI is InChI=1S/C26H27N3O3/c1-17-15-21(19-8-12-23(32-3)13-9-19)16-24(27-17)25-5-4-14-29(25)26(31)20-6-10-22(11-7-20)28-18(2)30/h6-13,15-16,25H,4-5,14H2,1-3H3,(H,28,30). The summed E-state index contributed by atoms with van der Waals surface area (Å²) < 4.78 is 5.27. The van der Waals surface area contributed by atoms with Gasteiger partial charge in [-0.05, 0) is 79.4 Å². The summed E-state index contributed by atoms with van der Waals surface area (Å²) in [5, 5.41) is 2.73. The number of amides is 2. The van der Waals surface area contributed by atoms with Gasteiger partial charge in [0.2, 0.25) is 5.91 Å². The Labute approximate surface area is 188 Å². The van der Waals surface area contributed by atoms with E-state index in [2.05, 4.69) is 17.4 Å². The van der Waals surface area contributed by atoms with E-state index in [1.807, 2.05) is 36.1 Å². The highest BCUT2D eigenvalue weighted by atomic mass is 16.5. The highest BCUT2D eigenvalue weighted by Gasteiger charge is 2.32. The molecule has 1 aliphatic heterocycles. The number of methoxy groups -OCH3 is 1. The lowest BCUT2D eigenvalue weighted by atomic mass is 10.0. The van der Waals surface area contributed by atoms with Crippen molar-refractivity contribution in [3.05, 3.63) is 77.6 Å². The lowest BCUT2D eigenvalue weighted by Crippen LogP contribution is -2.31. The van der Waals surface area contributed by atoms with Crippen molar-refractivity contribution in [3.8, 4) is 16.9 Å². The molecule has 4 rings (SSSR count). The van der Waals surface area contributed by atoms with E-state index in [0.29, 0.717) is 17.8 Å². The van der Waals surface area contributed by atoms with Crippen LogP contribution in [0, 0.1) is 6.92 Å². The van der Waals surface area contributed by atoms with Gasteiger partial charge >= 0.3 is 0 Å². The Hall–Kier alpha value is -3.67. The van der Waals surface area contributed by atoms with E-state index in [0.717, 1.165) is 41.1 Å². The van der Waals surface area contributed by atoms with E-state index in [4.69, 9.17) is 9.72 Å². The van der Waals surface area contributed by atoms with Crippen molar-refractivity contribution in [2.24, 2.45) is 0 Å². The highest BCUT2D eigenvalue weighted by Crippen LogP contribution is 2.34. The van der Waals surface area contributed by atoms with Crippen LogP contribution in [0.5, 0.6) is 5.75 Å². The molecule has 0 radical (unpaired) electrons. The van der Waals surface area contributed by atoms with Crippen molar-refractivity contribution in [1.82, 2.24) is 9.88 Å². The summed E-state index contributed by atoms with van der Waals surface area (Å²) in [6.07, 6.45) is 1.82. The van der Waals surface area contributed by atoms with Crippen LogP contribution < -0.4 is 10.1 Å². The third kappa shape index (κ3) is 4.64. The van der Waals surface area contributed by atoms with Crippen LogP contribution in [-0.2, 0) is 4.79 Å². The van der Waals surface area contributed by atoms with Crippen LogP contribution in [0.4, 0.5) is 5.69 Å². The fourth-order valence-electron chi connectivity index (χ4n) is 4.20. The Morgan fingerprint density at radius 2 is 1.75 bits per heavy atom. The van der Waals surface area contributed by atoms with Crippen LogP contribution in [0.15, 0.2) is 60.7 Å². The Balaban J connectivity index is 1.59. The van der Waals surface area contributed by atoms with E-state index in [1.165, 1.54) is 6.92 Å². The maximum Gasteiger partial charge on any atom is 0.254 e. The molecule has 1 saturated heterocycles. The number of aryl methyl sites for hydroxylation is 1. The molecule has 0 bridgehead atoms. The average Bonchev–Trinajstić information content (AvgIpc) is 3.28. The largest absolute Gasteiger partial charge is 0.497 e. The summed E-state index contributed by atoms with van der Waals surface area (Å²) in [5.41, 5.74) is 5.28. The Kier molecular flexibility index (Phi) is 6.21. The van der Waals surface area contributed by atoms with Gasteiger partial charge in [0.15, 0.2) is 0 Å². The monoisotopic (exact) mass is 429 g/mol. The summed E-state index contributed by atoms with van der Waals surface area (Å²) in [7, 11) is 1.66. The molecule has 0 aliphatic carbocycles. The first-order chi connectivity index (χ1) is 15.4. The number of anilines is 1. The van der Waals surface area contributed by atoms with E-state index in [9.17, 15) is 9.59 Å². The van der Waals surface area contributed by atoms with Crippen molar-refractivity contribution >= 4 is 17.5 Å². The number of rotatable bonds is 5. The van der Waals surface area contributed by atoms with Crippen LogP contribution in [-0.4, -0.2) is 35.4 Å². The van der Waals surface area contributed by atoms with Gasteiger partial charge in [-0.1, -0.05) is 12.1 Å². The lowest BCUT2D eigenvalue weighted by molar-refractivity contribution is -0.114. The molecule has 0 spiro atoms. The minimum Gasteiger partial charge on any atom is -0.497 e. The third-order valence-electron chi connectivity index (χ3n) is 5.70. The fraction of sp³-hybridized carbons (Fsp3) is 0.269. The molecular formula is C26H27N3O3. The summed E-state index contributed by atoms with van der Waals surface area (Å²) in [4.78, 5) is 31.2. The molecule has 6 heteroatoms. The van der Waals surface area contributed by atoms with E-state index in [-0.39, 0.29) is 17.9 Å². The zero-order chi connectivity index (χ0) is 22.7. The molecule has 1 N–H and O–H groups in total. The topological polar surface area (TPSA) is 71.5 Å². The zero-order valence-electron chi connectivity index (χ0n) is 18.6. The molecule has 0 saturated carbocycles. The van der Waals surface area contributed by atoms with Crippen LogP contribution in [0.1, 0.15) is 47.6 Å². The molecule has 1 atom stereocenters. The average molecular weight is 430 g/mol. The van der Waals surface area contributed by atoms with Crippen LogP contribution in [0.2, 0.25) is 0 Å². The molecule has 2 amide bonds. The van der Waals surface area contributed by atoms with Gasteiger partial charge in [-0.2, -0.15) is 0 Å². The normalized spacial score (nSPS) is 15.5. The van der Waals surface area contributed by atoms with E-state index < -0.39 is 0 Å². The molecule has 1 unspecified atom stereocenters. The van der Waals surface area contributed by atoms with E-state index >= 15 is 0 Å². The van der Waals surface area contributed by atoms with Crippen molar-refractivity contribution in [3.63, 3.8) is 0 Å². The number of likely N-dealkylation sites (tertiary alicyclic amines) is 1. The van der Waals surface area contributed by atoms with E-state index in [1.54, 1.807) is 31.4 Å². The first-order valence-corrected chi connectivity index (χ1v) is 10.8. The molecule has 1 aliphatic rings. The molecule has 32 heavy (non-hydrogen) atoms. The third-order valence-corrected chi connectivity index (χ3v) is 5.70. The SMILES string of the molecule is COc1ccc(-c2cc(C)nc(C3CCCN3C(=O)c3ccc(NC(C)=O)cc3)c2)cc1. The Morgan fingerprint density at radius 3 is 2.41 bits per heavy atom. The Morgan fingerprint density at radius 1 is 1.03 bits per heavy atom. The fourth-order valence-corrected chi connectivity index (χ4v) is 4.20. The van der Waals surface area contributed by atoms with Gasteiger partial charge in [-0.3, -0.25) is 14.6 Å². The molecule has 3 aromatic rings. The second-order valence-corrected chi connectivity index (χ2v) is 8.07. The minimum absolute atomic E-state index is 0.0174. The summed E-state index contributed by atoms with van der Waals surface area (Å²) >= 11 is 0. The van der Waals surface area contributed by atoms with Gasteiger partial charge in [-0.15, -0.1) is 0 Å². The first kappa shape index (κ1) is 21.6. The molecule has 1 fully saturated rings. The minimum atomic E-state index is -0.137. The maximum absolute atomic E-state index is 13.3. The molecule has 6 nitrogen and oxygen atoms in total. The van der Waals surface area contributed by atoms with Gasteiger partial charge in [0, 0.05) is 30.4 Å².